The van der Waals surface area contributed by atoms with Crippen molar-refractivity contribution in [2.75, 3.05) is 5.32 Å². The van der Waals surface area contributed by atoms with E-state index in [1.54, 1.807) is 0 Å². The first-order valence-corrected chi connectivity index (χ1v) is 5.58. The average molecular weight is 272 g/mol. The minimum Gasteiger partial charge on any atom is -0.381 e. The first kappa shape index (κ1) is 13.5. The van der Waals surface area contributed by atoms with E-state index in [9.17, 15) is 17.6 Å². The van der Waals surface area contributed by atoms with Crippen LogP contribution in [-0.2, 0) is 19.8 Å². The van der Waals surface area contributed by atoms with Crippen LogP contribution in [0, 0.1) is 5.82 Å². The van der Waals surface area contributed by atoms with Gasteiger partial charge in [-0.1, -0.05) is 0 Å². The molecule has 0 saturated carbocycles. The summed E-state index contributed by atoms with van der Waals surface area (Å²) in [5.74, 6) is -1.27. The largest absolute Gasteiger partial charge is 0.419 e. The second-order valence-corrected chi connectivity index (χ2v) is 4.23. The van der Waals surface area contributed by atoms with E-state index in [0.717, 1.165) is 17.7 Å². The molecule has 1 aromatic heterocycles. The van der Waals surface area contributed by atoms with Gasteiger partial charge in [0.15, 0.2) is 0 Å². The third-order valence-electron chi connectivity index (χ3n) is 2.66. The topological polar surface area (TPSA) is 17.0 Å². The van der Waals surface area contributed by atoms with Crippen molar-refractivity contribution in [3.63, 3.8) is 0 Å². The molecule has 1 aromatic carbocycles. The number of alkyl halides is 3. The number of nitrogens with zero attached hydrogens (tertiary/aromatic N) is 1. The van der Waals surface area contributed by atoms with Crippen molar-refractivity contribution in [3.05, 3.63) is 53.6 Å². The molecule has 0 aliphatic carbocycles. The number of aryl methyl sites for hydroxylation is 1. The molecule has 0 aliphatic rings. The SMILES string of the molecule is Cn1ccc(CNc2ccc(F)c(C(F)(F)F)c2)c1. The average Bonchev–Trinajstić information content (AvgIpc) is 2.72. The molecule has 0 fully saturated rings. The van der Waals surface area contributed by atoms with Gasteiger partial charge in [-0.3, -0.25) is 0 Å². The Labute approximate surface area is 107 Å². The second-order valence-electron chi connectivity index (χ2n) is 4.23. The standard InChI is InChI=1S/C13H12F4N2/c1-19-5-4-9(8-19)7-18-10-2-3-12(14)11(6-10)13(15,16)17/h2-6,8,18H,7H2,1H3. The summed E-state index contributed by atoms with van der Waals surface area (Å²) in [5.41, 5.74) is -0.0940. The lowest BCUT2D eigenvalue weighted by atomic mass is 10.1. The monoisotopic (exact) mass is 272 g/mol. The summed E-state index contributed by atoms with van der Waals surface area (Å²) < 4.78 is 52.5. The van der Waals surface area contributed by atoms with E-state index < -0.39 is 17.6 Å². The molecule has 0 saturated heterocycles. The molecule has 1 heterocycles. The van der Waals surface area contributed by atoms with Gasteiger partial charge in [0.2, 0.25) is 0 Å². The lowest BCUT2D eigenvalue weighted by Crippen LogP contribution is -2.09. The molecule has 2 aromatic rings. The minimum absolute atomic E-state index is 0.234. The van der Waals surface area contributed by atoms with Crippen LogP contribution in [0.5, 0.6) is 0 Å². The third kappa shape index (κ3) is 3.27. The molecule has 2 rings (SSSR count). The van der Waals surface area contributed by atoms with Crippen LogP contribution < -0.4 is 5.32 Å². The van der Waals surface area contributed by atoms with Crippen molar-refractivity contribution >= 4 is 5.69 Å². The molecule has 2 nitrogen and oxygen atoms in total. The normalized spacial score (nSPS) is 11.6. The van der Waals surface area contributed by atoms with Crippen LogP contribution in [-0.4, -0.2) is 4.57 Å². The Balaban J connectivity index is 2.13. The van der Waals surface area contributed by atoms with Gasteiger partial charge in [0.05, 0.1) is 5.56 Å². The summed E-state index contributed by atoms with van der Waals surface area (Å²) >= 11 is 0. The van der Waals surface area contributed by atoms with E-state index >= 15 is 0 Å². The highest BCUT2D eigenvalue weighted by atomic mass is 19.4. The van der Waals surface area contributed by atoms with Crippen molar-refractivity contribution in [3.8, 4) is 0 Å². The molecule has 1 N–H and O–H groups in total. The predicted molar refractivity (Wildman–Crippen MR) is 64.1 cm³/mol. The second kappa shape index (κ2) is 4.95. The lowest BCUT2D eigenvalue weighted by Gasteiger charge is -2.11. The summed E-state index contributed by atoms with van der Waals surface area (Å²) in [4.78, 5) is 0. The smallest absolute Gasteiger partial charge is 0.381 e. The number of aromatic nitrogens is 1. The van der Waals surface area contributed by atoms with Gasteiger partial charge < -0.3 is 9.88 Å². The van der Waals surface area contributed by atoms with Crippen molar-refractivity contribution in [1.82, 2.24) is 4.57 Å². The van der Waals surface area contributed by atoms with Crippen molar-refractivity contribution in [1.29, 1.82) is 0 Å². The quantitative estimate of drug-likeness (QED) is 0.841. The maximum absolute atomic E-state index is 13.1. The van der Waals surface area contributed by atoms with E-state index in [1.165, 1.54) is 6.07 Å². The van der Waals surface area contributed by atoms with Crippen molar-refractivity contribution < 1.29 is 17.6 Å². The fourth-order valence-electron chi connectivity index (χ4n) is 1.72. The molecule has 0 aliphatic heterocycles. The Bertz CT molecular complexity index is 572. The molecule has 0 bridgehead atoms. The molecule has 102 valence electrons. The van der Waals surface area contributed by atoms with Crippen LogP contribution in [0.15, 0.2) is 36.7 Å². The number of hydrogen-bond donors (Lipinski definition) is 1. The predicted octanol–water partition coefficient (Wildman–Crippen LogP) is 3.80. The fourth-order valence-corrected chi connectivity index (χ4v) is 1.72. The molecule has 0 atom stereocenters. The molecule has 19 heavy (non-hydrogen) atoms. The molecule has 0 radical (unpaired) electrons. The zero-order chi connectivity index (χ0) is 14.0. The maximum Gasteiger partial charge on any atom is 0.419 e. The maximum atomic E-state index is 13.1. The van der Waals surface area contributed by atoms with Gasteiger partial charge in [-0.2, -0.15) is 13.2 Å². The molecule has 0 spiro atoms. The number of benzene rings is 1. The van der Waals surface area contributed by atoms with Gasteiger partial charge in [0, 0.05) is 31.7 Å². The Hall–Kier alpha value is -1.98. The van der Waals surface area contributed by atoms with E-state index in [0.29, 0.717) is 6.54 Å². The molecule has 6 heteroatoms. The molecule has 0 unspecified atom stereocenters. The third-order valence-corrected chi connectivity index (χ3v) is 2.66. The number of halogens is 4. The summed E-state index contributed by atoms with van der Waals surface area (Å²) in [6, 6.07) is 4.73. The highest BCUT2D eigenvalue weighted by Crippen LogP contribution is 2.33. The summed E-state index contributed by atoms with van der Waals surface area (Å²) in [5, 5.41) is 2.83. The first-order chi connectivity index (χ1) is 8.86. The van der Waals surface area contributed by atoms with Crippen LogP contribution in [0.1, 0.15) is 11.1 Å². The van der Waals surface area contributed by atoms with Gasteiger partial charge >= 0.3 is 6.18 Å². The van der Waals surface area contributed by atoms with Gasteiger partial charge in [-0.15, -0.1) is 0 Å². The Kier molecular flexibility index (Phi) is 3.50. The van der Waals surface area contributed by atoms with Crippen LogP contribution >= 0.6 is 0 Å². The number of rotatable bonds is 3. The Morgan fingerprint density at radius 2 is 1.95 bits per heavy atom. The number of anilines is 1. The van der Waals surface area contributed by atoms with Crippen LogP contribution in [0.2, 0.25) is 0 Å². The summed E-state index contributed by atoms with van der Waals surface area (Å²) in [6.07, 6.45) is -1.00. The van der Waals surface area contributed by atoms with Gasteiger partial charge in [0.25, 0.3) is 0 Å². The van der Waals surface area contributed by atoms with Gasteiger partial charge in [0.1, 0.15) is 5.82 Å². The molecule has 0 amide bonds. The fraction of sp³-hybridized carbons (Fsp3) is 0.231. The van der Waals surface area contributed by atoms with Gasteiger partial charge in [-0.05, 0) is 29.8 Å². The summed E-state index contributed by atoms with van der Waals surface area (Å²) in [6.45, 7) is 0.379. The first-order valence-electron chi connectivity index (χ1n) is 5.58. The molecular weight excluding hydrogens is 260 g/mol. The van der Waals surface area contributed by atoms with Crippen LogP contribution in [0.3, 0.4) is 0 Å². The van der Waals surface area contributed by atoms with E-state index in [-0.39, 0.29) is 5.69 Å². The highest BCUT2D eigenvalue weighted by molar-refractivity contribution is 5.47. The van der Waals surface area contributed by atoms with Gasteiger partial charge in [-0.25, -0.2) is 4.39 Å². The zero-order valence-electron chi connectivity index (χ0n) is 10.1. The number of nitrogens with one attached hydrogen (secondary N) is 1. The van der Waals surface area contributed by atoms with E-state index in [1.807, 2.05) is 30.1 Å². The molecular formula is C13H12F4N2. The zero-order valence-corrected chi connectivity index (χ0v) is 10.1. The Morgan fingerprint density at radius 1 is 1.21 bits per heavy atom. The van der Waals surface area contributed by atoms with Crippen molar-refractivity contribution in [2.45, 2.75) is 12.7 Å². The number of hydrogen-bond acceptors (Lipinski definition) is 1. The Morgan fingerprint density at radius 3 is 2.53 bits per heavy atom. The van der Waals surface area contributed by atoms with E-state index in [4.69, 9.17) is 0 Å². The highest BCUT2D eigenvalue weighted by Gasteiger charge is 2.34. The van der Waals surface area contributed by atoms with Crippen molar-refractivity contribution in [2.24, 2.45) is 7.05 Å². The summed E-state index contributed by atoms with van der Waals surface area (Å²) in [7, 11) is 1.85. The lowest BCUT2D eigenvalue weighted by molar-refractivity contribution is -0.139. The van der Waals surface area contributed by atoms with Crippen LogP contribution in [0.4, 0.5) is 23.2 Å². The van der Waals surface area contributed by atoms with E-state index in [2.05, 4.69) is 5.32 Å². The minimum atomic E-state index is -4.69. The van der Waals surface area contributed by atoms with Crippen LogP contribution in [0.25, 0.3) is 0 Å².